The summed E-state index contributed by atoms with van der Waals surface area (Å²) in [6.45, 7) is 5.80. The average molecular weight is 235 g/mol. The normalized spacial score (nSPS) is 26.9. The molecule has 1 aromatic heterocycles. The molecular weight excluding hydrogens is 210 g/mol. The van der Waals surface area contributed by atoms with Crippen LogP contribution >= 0.6 is 0 Å². The van der Waals surface area contributed by atoms with E-state index in [1.54, 1.807) is 6.26 Å². The molecule has 3 unspecified atom stereocenters. The fourth-order valence-electron chi connectivity index (χ4n) is 2.92. The Morgan fingerprint density at radius 1 is 1.47 bits per heavy atom. The van der Waals surface area contributed by atoms with Crippen LogP contribution in [0.25, 0.3) is 0 Å². The molecule has 0 amide bonds. The third-order valence-corrected chi connectivity index (χ3v) is 3.89. The summed E-state index contributed by atoms with van der Waals surface area (Å²) in [5.74, 6) is 2.90. The van der Waals surface area contributed by atoms with E-state index in [1.165, 1.54) is 32.2 Å². The molecule has 3 atom stereocenters. The lowest BCUT2D eigenvalue weighted by atomic mass is 9.82. The SMILES string of the molecule is CC1CCCC(CNC(C)Cc2ccco2)C1. The predicted octanol–water partition coefficient (Wildman–Crippen LogP) is 3.63. The van der Waals surface area contributed by atoms with E-state index in [-0.39, 0.29) is 0 Å². The van der Waals surface area contributed by atoms with Crippen molar-refractivity contribution in [2.24, 2.45) is 11.8 Å². The molecule has 2 heteroatoms. The fraction of sp³-hybridized carbons (Fsp3) is 0.733. The zero-order chi connectivity index (χ0) is 12.1. The van der Waals surface area contributed by atoms with Gasteiger partial charge in [0, 0.05) is 12.5 Å². The summed E-state index contributed by atoms with van der Waals surface area (Å²) in [5.41, 5.74) is 0. The zero-order valence-electron chi connectivity index (χ0n) is 11.1. The van der Waals surface area contributed by atoms with Crippen LogP contribution in [0.3, 0.4) is 0 Å². The summed E-state index contributed by atoms with van der Waals surface area (Å²) in [7, 11) is 0. The lowest BCUT2D eigenvalue weighted by molar-refractivity contribution is 0.267. The summed E-state index contributed by atoms with van der Waals surface area (Å²) in [6, 6.07) is 4.53. The molecule has 0 bridgehead atoms. The largest absolute Gasteiger partial charge is 0.469 e. The number of hydrogen-bond donors (Lipinski definition) is 1. The average Bonchev–Trinajstić information content (AvgIpc) is 2.79. The third-order valence-electron chi connectivity index (χ3n) is 3.89. The molecule has 96 valence electrons. The molecule has 0 spiro atoms. The zero-order valence-corrected chi connectivity index (χ0v) is 11.1. The van der Waals surface area contributed by atoms with Gasteiger partial charge in [-0.05, 0) is 50.3 Å². The molecule has 0 radical (unpaired) electrons. The van der Waals surface area contributed by atoms with Crippen LogP contribution in [-0.4, -0.2) is 12.6 Å². The van der Waals surface area contributed by atoms with E-state index in [1.807, 2.05) is 6.07 Å². The van der Waals surface area contributed by atoms with Gasteiger partial charge < -0.3 is 9.73 Å². The predicted molar refractivity (Wildman–Crippen MR) is 71.0 cm³/mol. The van der Waals surface area contributed by atoms with E-state index >= 15 is 0 Å². The van der Waals surface area contributed by atoms with Gasteiger partial charge in [-0.1, -0.05) is 19.8 Å². The van der Waals surface area contributed by atoms with Gasteiger partial charge in [0.1, 0.15) is 5.76 Å². The van der Waals surface area contributed by atoms with E-state index in [0.717, 1.165) is 24.0 Å². The van der Waals surface area contributed by atoms with E-state index in [9.17, 15) is 0 Å². The summed E-state index contributed by atoms with van der Waals surface area (Å²) in [4.78, 5) is 0. The first kappa shape index (κ1) is 12.7. The van der Waals surface area contributed by atoms with E-state index in [0.29, 0.717) is 6.04 Å². The maximum Gasteiger partial charge on any atom is 0.105 e. The lowest BCUT2D eigenvalue weighted by Crippen LogP contribution is -2.34. The molecule has 2 rings (SSSR count). The van der Waals surface area contributed by atoms with E-state index in [4.69, 9.17) is 4.42 Å². The Bertz CT molecular complexity index is 307. The van der Waals surface area contributed by atoms with Crippen molar-refractivity contribution in [2.45, 2.75) is 52.0 Å². The third kappa shape index (κ3) is 4.19. The van der Waals surface area contributed by atoms with Crippen LogP contribution < -0.4 is 5.32 Å². The van der Waals surface area contributed by atoms with Crippen LogP contribution in [0, 0.1) is 11.8 Å². The number of hydrogen-bond acceptors (Lipinski definition) is 2. The molecule has 0 saturated heterocycles. The van der Waals surface area contributed by atoms with Crippen molar-refractivity contribution in [3.63, 3.8) is 0 Å². The summed E-state index contributed by atoms with van der Waals surface area (Å²) in [6.07, 6.45) is 8.41. The van der Waals surface area contributed by atoms with Crippen LogP contribution in [0.5, 0.6) is 0 Å². The molecule has 1 heterocycles. The second kappa shape index (κ2) is 6.25. The minimum atomic E-state index is 0.512. The Hall–Kier alpha value is -0.760. The van der Waals surface area contributed by atoms with Crippen LogP contribution in [0.2, 0.25) is 0 Å². The van der Waals surface area contributed by atoms with Gasteiger partial charge in [0.05, 0.1) is 6.26 Å². The number of rotatable bonds is 5. The molecule has 1 fully saturated rings. The molecule has 1 aliphatic rings. The lowest BCUT2D eigenvalue weighted by Gasteiger charge is -2.28. The Morgan fingerprint density at radius 3 is 3.06 bits per heavy atom. The van der Waals surface area contributed by atoms with Gasteiger partial charge in [0.2, 0.25) is 0 Å². The van der Waals surface area contributed by atoms with Crippen LogP contribution in [-0.2, 0) is 6.42 Å². The standard InChI is InChI=1S/C15H25NO/c1-12-5-3-6-14(9-12)11-16-13(2)10-15-7-4-8-17-15/h4,7-8,12-14,16H,3,5-6,9-11H2,1-2H3. The topological polar surface area (TPSA) is 25.2 Å². The summed E-state index contributed by atoms with van der Waals surface area (Å²) in [5, 5.41) is 3.65. The first-order valence-electron chi connectivity index (χ1n) is 7.00. The Kier molecular flexibility index (Phi) is 4.66. The van der Waals surface area contributed by atoms with Crippen molar-refractivity contribution >= 4 is 0 Å². The number of nitrogens with one attached hydrogen (secondary N) is 1. The fourth-order valence-corrected chi connectivity index (χ4v) is 2.92. The van der Waals surface area contributed by atoms with Gasteiger partial charge in [-0.15, -0.1) is 0 Å². The van der Waals surface area contributed by atoms with Gasteiger partial charge in [0.25, 0.3) is 0 Å². The van der Waals surface area contributed by atoms with Crippen molar-refractivity contribution in [3.8, 4) is 0 Å². The van der Waals surface area contributed by atoms with Crippen molar-refractivity contribution in [3.05, 3.63) is 24.2 Å². The Morgan fingerprint density at radius 2 is 2.35 bits per heavy atom. The van der Waals surface area contributed by atoms with Crippen LogP contribution in [0.15, 0.2) is 22.8 Å². The van der Waals surface area contributed by atoms with Crippen molar-refractivity contribution in [1.29, 1.82) is 0 Å². The van der Waals surface area contributed by atoms with Gasteiger partial charge in [0.15, 0.2) is 0 Å². The minimum absolute atomic E-state index is 0.512. The quantitative estimate of drug-likeness (QED) is 0.843. The molecule has 0 aromatic carbocycles. The Balaban J connectivity index is 1.67. The van der Waals surface area contributed by atoms with E-state index < -0.39 is 0 Å². The Labute approximate surface area is 105 Å². The van der Waals surface area contributed by atoms with Crippen LogP contribution in [0.1, 0.15) is 45.3 Å². The molecule has 17 heavy (non-hydrogen) atoms. The molecule has 1 aliphatic carbocycles. The van der Waals surface area contributed by atoms with Crippen molar-refractivity contribution in [1.82, 2.24) is 5.32 Å². The molecule has 0 aliphatic heterocycles. The first-order chi connectivity index (χ1) is 8.24. The first-order valence-corrected chi connectivity index (χ1v) is 7.00. The smallest absolute Gasteiger partial charge is 0.105 e. The highest BCUT2D eigenvalue weighted by atomic mass is 16.3. The molecule has 2 nitrogen and oxygen atoms in total. The molecular formula is C15H25NO. The monoisotopic (exact) mass is 235 g/mol. The second-order valence-electron chi connectivity index (χ2n) is 5.73. The molecule has 1 saturated carbocycles. The van der Waals surface area contributed by atoms with Gasteiger partial charge >= 0.3 is 0 Å². The highest BCUT2D eigenvalue weighted by Gasteiger charge is 2.19. The highest BCUT2D eigenvalue weighted by Crippen LogP contribution is 2.28. The van der Waals surface area contributed by atoms with Crippen LogP contribution in [0.4, 0.5) is 0 Å². The van der Waals surface area contributed by atoms with Gasteiger partial charge in [-0.3, -0.25) is 0 Å². The van der Waals surface area contributed by atoms with Crippen molar-refractivity contribution in [2.75, 3.05) is 6.54 Å². The summed E-state index contributed by atoms with van der Waals surface area (Å²) < 4.78 is 5.37. The molecule has 1 N–H and O–H groups in total. The maximum atomic E-state index is 5.37. The number of furan rings is 1. The van der Waals surface area contributed by atoms with Crippen molar-refractivity contribution < 1.29 is 4.42 Å². The van der Waals surface area contributed by atoms with E-state index in [2.05, 4.69) is 25.2 Å². The van der Waals surface area contributed by atoms with Gasteiger partial charge in [-0.2, -0.15) is 0 Å². The highest BCUT2D eigenvalue weighted by molar-refractivity contribution is 4.99. The molecule has 1 aromatic rings. The maximum absolute atomic E-state index is 5.37. The minimum Gasteiger partial charge on any atom is -0.469 e. The van der Waals surface area contributed by atoms with Gasteiger partial charge in [-0.25, -0.2) is 0 Å². The summed E-state index contributed by atoms with van der Waals surface area (Å²) >= 11 is 0. The second-order valence-corrected chi connectivity index (χ2v) is 5.73.